The number of piperazine rings is 1. The highest BCUT2D eigenvalue weighted by atomic mass is 16.6. The molecular formula is C20H29N4O4+. The Kier molecular flexibility index (Phi) is 5.60. The maximum Gasteiger partial charge on any atom is 0.410 e. The van der Waals surface area contributed by atoms with Crippen molar-refractivity contribution >= 4 is 29.3 Å². The molecule has 3 amide bonds. The zero-order valence-corrected chi connectivity index (χ0v) is 16.9. The van der Waals surface area contributed by atoms with E-state index in [0.29, 0.717) is 44.2 Å². The summed E-state index contributed by atoms with van der Waals surface area (Å²) in [7, 11) is 0. The monoisotopic (exact) mass is 389 g/mol. The number of amides is 3. The van der Waals surface area contributed by atoms with Gasteiger partial charge in [0.1, 0.15) is 5.54 Å². The Labute approximate surface area is 165 Å². The van der Waals surface area contributed by atoms with Gasteiger partial charge in [-0.2, -0.15) is 0 Å². The van der Waals surface area contributed by atoms with Crippen LogP contribution >= 0.6 is 0 Å². The second-order valence-electron chi connectivity index (χ2n) is 7.77. The molecule has 0 radical (unpaired) electrons. The third-order valence-corrected chi connectivity index (χ3v) is 5.64. The van der Waals surface area contributed by atoms with E-state index in [2.05, 4.69) is 5.32 Å². The molecule has 0 saturated carbocycles. The average Bonchev–Trinajstić information content (AvgIpc) is 2.68. The molecule has 8 heteroatoms. The highest BCUT2D eigenvalue weighted by Crippen LogP contribution is 2.36. The van der Waals surface area contributed by atoms with Crippen molar-refractivity contribution in [1.82, 2.24) is 4.90 Å². The zero-order valence-electron chi connectivity index (χ0n) is 16.9. The van der Waals surface area contributed by atoms with Gasteiger partial charge in [-0.3, -0.25) is 19.4 Å². The van der Waals surface area contributed by atoms with Gasteiger partial charge in [0, 0.05) is 0 Å². The Morgan fingerprint density at radius 2 is 1.89 bits per heavy atom. The van der Waals surface area contributed by atoms with Crippen molar-refractivity contribution in [3.63, 3.8) is 0 Å². The number of hydrogen-bond donors (Lipinski definition) is 2. The summed E-state index contributed by atoms with van der Waals surface area (Å²) in [6.45, 7) is 9.97. The van der Waals surface area contributed by atoms with Crippen LogP contribution in [0.3, 0.4) is 0 Å². The Morgan fingerprint density at radius 1 is 1.25 bits per heavy atom. The van der Waals surface area contributed by atoms with Gasteiger partial charge in [-0.05, 0) is 39.8 Å². The Balaban J connectivity index is 1.76. The van der Waals surface area contributed by atoms with Crippen molar-refractivity contribution in [2.45, 2.75) is 39.3 Å². The molecule has 2 aliphatic rings. The SMILES string of the molecule is CCOC(=O)N1CC[NH+]([C@H](C)C(=O)N2c3ccccc3NC(=O)C2(C)C)CC1. The fourth-order valence-electron chi connectivity index (χ4n) is 3.84. The molecule has 2 heterocycles. The predicted octanol–water partition coefficient (Wildman–Crippen LogP) is 0.496. The van der Waals surface area contributed by atoms with Gasteiger partial charge in [0.15, 0.2) is 6.04 Å². The number of hydrogen-bond acceptors (Lipinski definition) is 4. The Bertz CT molecular complexity index is 771. The lowest BCUT2D eigenvalue weighted by Crippen LogP contribution is -3.19. The second kappa shape index (κ2) is 7.79. The molecule has 8 nitrogen and oxygen atoms in total. The number of ether oxygens (including phenoxy) is 1. The lowest BCUT2D eigenvalue weighted by Gasteiger charge is -2.44. The van der Waals surface area contributed by atoms with Crippen LogP contribution in [-0.2, 0) is 14.3 Å². The van der Waals surface area contributed by atoms with Crippen molar-refractivity contribution in [3.05, 3.63) is 24.3 Å². The van der Waals surface area contributed by atoms with Crippen molar-refractivity contribution in [3.8, 4) is 0 Å². The van der Waals surface area contributed by atoms with Crippen LogP contribution in [-0.4, -0.2) is 67.2 Å². The van der Waals surface area contributed by atoms with Crippen LogP contribution in [0.25, 0.3) is 0 Å². The maximum atomic E-state index is 13.5. The molecule has 0 unspecified atom stereocenters. The van der Waals surface area contributed by atoms with E-state index in [4.69, 9.17) is 4.74 Å². The molecule has 1 aromatic carbocycles. The maximum absolute atomic E-state index is 13.5. The number of carbonyl (C=O) groups is 3. The first-order chi connectivity index (χ1) is 13.3. The van der Waals surface area contributed by atoms with Gasteiger partial charge >= 0.3 is 6.09 Å². The molecule has 0 aromatic heterocycles. The Morgan fingerprint density at radius 3 is 2.54 bits per heavy atom. The second-order valence-corrected chi connectivity index (χ2v) is 7.77. The number of nitrogens with one attached hydrogen (secondary N) is 2. The molecule has 152 valence electrons. The van der Waals surface area contributed by atoms with Crippen molar-refractivity contribution in [2.75, 3.05) is 43.0 Å². The van der Waals surface area contributed by atoms with Gasteiger partial charge in [-0.15, -0.1) is 0 Å². The first-order valence-electron chi connectivity index (χ1n) is 9.78. The van der Waals surface area contributed by atoms with Crippen LogP contribution in [0, 0.1) is 0 Å². The molecule has 0 bridgehead atoms. The van der Waals surface area contributed by atoms with E-state index in [0.717, 1.165) is 4.90 Å². The lowest BCUT2D eigenvalue weighted by molar-refractivity contribution is -0.917. The summed E-state index contributed by atoms with van der Waals surface area (Å²) >= 11 is 0. The number of anilines is 2. The number of rotatable bonds is 3. The van der Waals surface area contributed by atoms with Gasteiger partial charge in [0.25, 0.3) is 5.91 Å². The van der Waals surface area contributed by atoms with E-state index < -0.39 is 5.54 Å². The average molecular weight is 389 g/mol. The number of fused-ring (bicyclic) bond motifs is 1. The van der Waals surface area contributed by atoms with Crippen LogP contribution in [0.1, 0.15) is 27.7 Å². The molecule has 1 saturated heterocycles. The molecule has 28 heavy (non-hydrogen) atoms. The van der Waals surface area contributed by atoms with E-state index in [-0.39, 0.29) is 23.9 Å². The smallest absolute Gasteiger partial charge is 0.410 e. The lowest BCUT2D eigenvalue weighted by atomic mass is 9.95. The van der Waals surface area contributed by atoms with Gasteiger partial charge < -0.3 is 15.0 Å². The minimum atomic E-state index is -0.980. The van der Waals surface area contributed by atoms with Gasteiger partial charge in [0.2, 0.25) is 5.91 Å². The zero-order chi connectivity index (χ0) is 20.5. The van der Waals surface area contributed by atoms with E-state index in [1.54, 1.807) is 36.6 Å². The summed E-state index contributed by atoms with van der Waals surface area (Å²) < 4.78 is 5.06. The molecule has 2 N–H and O–H groups in total. The van der Waals surface area contributed by atoms with Crippen LogP contribution in [0.2, 0.25) is 0 Å². The largest absolute Gasteiger partial charge is 0.450 e. The topological polar surface area (TPSA) is 83.4 Å². The molecule has 0 aliphatic carbocycles. The number of carbonyl (C=O) groups excluding carboxylic acids is 3. The quantitative estimate of drug-likeness (QED) is 0.789. The summed E-state index contributed by atoms with van der Waals surface area (Å²) in [5, 5.41) is 2.89. The van der Waals surface area contributed by atoms with Crippen molar-refractivity contribution < 1.29 is 24.0 Å². The fourth-order valence-corrected chi connectivity index (χ4v) is 3.84. The molecule has 1 atom stereocenters. The summed E-state index contributed by atoms with van der Waals surface area (Å²) in [5.41, 5.74) is 0.384. The van der Waals surface area contributed by atoms with E-state index in [1.165, 1.54) is 0 Å². The van der Waals surface area contributed by atoms with Crippen LogP contribution in [0.15, 0.2) is 24.3 Å². The fraction of sp³-hybridized carbons (Fsp3) is 0.550. The first kappa shape index (κ1) is 20.1. The highest BCUT2D eigenvalue weighted by Gasteiger charge is 2.46. The molecule has 2 aliphatic heterocycles. The number of benzene rings is 1. The van der Waals surface area contributed by atoms with Crippen molar-refractivity contribution in [2.24, 2.45) is 0 Å². The van der Waals surface area contributed by atoms with Gasteiger partial charge in [-0.25, -0.2) is 4.79 Å². The molecule has 0 spiro atoms. The van der Waals surface area contributed by atoms with E-state index in [9.17, 15) is 14.4 Å². The molecule has 1 fully saturated rings. The summed E-state index contributed by atoms with van der Waals surface area (Å²) in [6.07, 6.45) is -0.303. The van der Waals surface area contributed by atoms with Crippen LogP contribution in [0.4, 0.5) is 16.2 Å². The van der Waals surface area contributed by atoms with Crippen LogP contribution in [0.5, 0.6) is 0 Å². The Hall–Kier alpha value is -2.61. The summed E-state index contributed by atoms with van der Waals surface area (Å²) in [6, 6.07) is 7.03. The summed E-state index contributed by atoms with van der Waals surface area (Å²) in [4.78, 5) is 42.4. The van der Waals surface area contributed by atoms with Crippen molar-refractivity contribution in [1.29, 1.82) is 0 Å². The number of nitrogens with zero attached hydrogens (tertiary/aromatic N) is 2. The standard InChI is InChI=1S/C20H28N4O4/c1-5-28-19(27)23-12-10-22(11-13-23)14(2)17(25)24-16-9-7-6-8-15(16)21-18(26)20(24,3)4/h6-9,14H,5,10-13H2,1-4H3,(H,21,26)/p+1/t14-/m1/s1. The normalized spacial score (nSPS) is 20.2. The van der Waals surface area contributed by atoms with E-state index in [1.807, 2.05) is 25.1 Å². The van der Waals surface area contributed by atoms with E-state index >= 15 is 0 Å². The highest BCUT2D eigenvalue weighted by molar-refractivity contribution is 6.14. The predicted molar refractivity (Wildman–Crippen MR) is 105 cm³/mol. The third kappa shape index (κ3) is 3.56. The van der Waals surface area contributed by atoms with Gasteiger partial charge in [0.05, 0.1) is 44.2 Å². The van der Waals surface area contributed by atoms with Gasteiger partial charge in [-0.1, -0.05) is 12.1 Å². The minimum Gasteiger partial charge on any atom is -0.450 e. The minimum absolute atomic E-state index is 0.0908. The number of para-hydroxylation sites is 2. The summed E-state index contributed by atoms with van der Waals surface area (Å²) in [5.74, 6) is -0.291. The molecule has 1 aromatic rings. The first-order valence-corrected chi connectivity index (χ1v) is 9.78. The molecule has 3 rings (SSSR count). The van der Waals surface area contributed by atoms with Crippen LogP contribution < -0.4 is 15.1 Å². The molecular weight excluding hydrogens is 360 g/mol. The number of quaternary nitrogens is 1. The third-order valence-electron chi connectivity index (χ3n) is 5.64.